The minimum atomic E-state index is -0.122. The van der Waals surface area contributed by atoms with E-state index in [0.29, 0.717) is 19.8 Å². The van der Waals surface area contributed by atoms with E-state index in [0.717, 1.165) is 32.2 Å². The second-order valence-corrected chi connectivity index (χ2v) is 4.58. The standard InChI is InChI=1S/C13H25NO3/c1-3-5-6-8-17-13(15)11-9-16-10-12(11)14-7-4-2/h11-12,14H,3-10H2,1-2H3. The number of carbonyl (C=O) groups is 1. The first-order valence-electron chi connectivity index (χ1n) is 6.77. The molecule has 1 saturated heterocycles. The average molecular weight is 243 g/mol. The Morgan fingerprint density at radius 1 is 1.29 bits per heavy atom. The number of carbonyl (C=O) groups excluding carboxylic acids is 1. The van der Waals surface area contributed by atoms with E-state index >= 15 is 0 Å². The normalized spacial score (nSPS) is 23.9. The van der Waals surface area contributed by atoms with Crippen LogP contribution in [0.3, 0.4) is 0 Å². The lowest BCUT2D eigenvalue weighted by Gasteiger charge is -2.17. The maximum Gasteiger partial charge on any atom is 0.312 e. The summed E-state index contributed by atoms with van der Waals surface area (Å²) in [5.74, 6) is -0.226. The van der Waals surface area contributed by atoms with Crippen LogP contribution >= 0.6 is 0 Å². The molecule has 1 aliphatic heterocycles. The van der Waals surface area contributed by atoms with Gasteiger partial charge in [-0.25, -0.2) is 0 Å². The molecule has 2 atom stereocenters. The average Bonchev–Trinajstić information content (AvgIpc) is 2.80. The van der Waals surface area contributed by atoms with Crippen LogP contribution in [0.2, 0.25) is 0 Å². The van der Waals surface area contributed by atoms with Crippen molar-refractivity contribution in [3.05, 3.63) is 0 Å². The van der Waals surface area contributed by atoms with Crippen LogP contribution < -0.4 is 5.32 Å². The number of unbranched alkanes of at least 4 members (excludes halogenated alkanes) is 2. The summed E-state index contributed by atoms with van der Waals surface area (Å²) in [5, 5.41) is 3.34. The molecular weight excluding hydrogens is 218 g/mol. The maximum absolute atomic E-state index is 11.8. The van der Waals surface area contributed by atoms with Crippen molar-refractivity contribution < 1.29 is 14.3 Å². The van der Waals surface area contributed by atoms with Gasteiger partial charge >= 0.3 is 5.97 Å². The molecule has 0 amide bonds. The van der Waals surface area contributed by atoms with Gasteiger partial charge in [0.25, 0.3) is 0 Å². The van der Waals surface area contributed by atoms with E-state index in [4.69, 9.17) is 9.47 Å². The molecule has 0 saturated carbocycles. The van der Waals surface area contributed by atoms with Gasteiger partial charge in [-0.15, -0.1) is 0 Å². The van der Waals surface area contributed by atoms with Crippen LogP contribution in [-0.4, -0.2) is 38.4 Å². The SMILES string of the molecule is CCCCCOC(=O)C1COCC1NCCC. The van der Waals surface area contributed by atoms with Gasteiger partial charge < -0.3 is 14.8 Å². The molecule has 1 fully saturated rings. The van der Waals surface area contributed by atoms with Crippen LogP contribution in [0.5, 0.6) is 0 Å². The Morgan fingerprint density at radius 2 is 2.12 bits per heavy atom. The number of ether oxygens (including phenoxy) is 2. The second-order valence-electron chi connectivity index (χ2n) is 4.58. The maximum atomic E-state index is 11.8. The summed E-state index contributed by atoms with van der Waals surface area (Å²) >= 11 is 0. The molecule has 0 aromatic rings. The summed E-state index contributed by atoms with van der Waals surface area (Å²) < 4.78 is 10.6. The van der Waals surface area contributed by atoms with Crippen LogP contribution in [0.1, 0.15) is 39.5 Å². The lowest BCUT2D eigenvalue weighted by Crippen LogP contribution is -2.40. The van der Waals surface area contributed by atoms with E-state index in [9.17, 15) is 4.79 Å². The van der Waals surface area contributed by atoms with Crippen molar-refractivity contribution >= 4 is 5.97 Å². The molecule has 0 spiro atoms. The van der Waals surface area contributed by atoms with Crippen LogP contribution in [-0.2, 0) is 14.3 Å². The number of rotatable bonds is 8. The van der Waals surface area contributed by atoms with Gasteiger partial charge in [0.05, 0.1) is 25.7 Å². The third-order valence-electron chi connectivity index (χ3n) is 3.03. The first-order valence-corrected chi connectivity index (χ1v) is 6.77. The van der Waals surface area contributed by atoms with Gasteiger partial charge in [-0.05, 0) is 19.4 Å². The van der Waals surface area contributed by atoms with Crippen LogP contribution in [0.25, 0.3) is 0 Å². The number of nitrogens with one attached hydrogen (secondary N) is 1. The molecule has 4 nitrogen and oxygen atoms in total. The molecule has 0 aromatic heterocycles. The zero-order chi connectivity index (χ0) is 12.5. The number of hydrogen-bond acceptors (Lipinski definition) is 4. The molecule has 1 rings (SSSR count). The van der Waals surface area contributed by atoms with E-state index in [1.807, 2.05) is 0 Å². The molecule has 1 aliphatic rings. The Balaban J connectivity index is 2.24. The Labute approximate surface area is 104 Å². The lowest BCUT2D eigenvalue weighted by atomic mass is 10.0. The van der Waals surface area contributed by atoms with Gasteiger partial charge in [0.15, 0.2) is 0 Å². The lowest BCUT2D eigenvalue weighted by molar-refractivity contribution is -0.149. The smallest absolute Gasteiger partial charge is 0.312 e. The van der Waals surface area contributed by atoms with Crippen molar-refractivity contribution in [3.8, 4) is 0 Å². The summed E-state index contributed by atoms with van der Waals surface area (Å²) in [6, 6.07) is 0.133. The Bertz CT molecular complexity index is 221. The fourth-order valence-electron chi connectivity index (χ4n) is 1.95. The molecule has 17 heavy (non-hydrogen) atoms. The highest BCUT2D eigenvalue weighted by molar-refractivity contribution is 5.73. The third-order valence-corrected chi connectivity index (χ3v) is 3.03. The van der Waals surface area contributed by atoms with Gasteiger partial charge in [-0.1, -0.05) is 26.7 Å². The molecular formula is C13H25NO3. The van der Waals surface area contributed by atoms with E-state index in [1.54, 1.807) is 0 Å². The Hall–Kier alpha value is -0.610. The highest BCUT2D eigenvalue weighted by Crippen LogP contribution is 2.15. The van der Waals surface area contributed by atoms with Crippen molar-refractivity contribution in [3.63, 3.8) is 0 Å². The second kappa shape index (κ2) is 8.48. The fraction of sp³-hybridized carbons (Fsp3) is 0.923. The van der Waals surface area contributed by atoms with Gasteiger partial charge in [0.2, 0.25) is 0 Å². The highest BCUT2D eigenvalue weighted by Gasteiger charge is 2.34. The quantitative estimate of drug-likeness (QED) is 0.521. The molecule has 1 N–H and O–H groups in total. The van der Waals surface area contributed by atoms with Crippen molar-refractivity contribution in [1.29, 1.82) is 0 Å². The van der Waals surface area contributed by atoms with Gasteiger partial charge in [-0.3, -0.25) is 4.79 Å². The molecule has 0 bridgehead atoms. The van der Waals surface area contributed by atoms with Crippen LogP contribution in [0.4, 0.5) is 0 Å². The third kappa shape index (κ3) is 5.04. The summed E-state index contributed by atoms with van der Waals surface area (Å²) in [7, 11) is 0. The Kier molecular flexibility index (Phi) is 7.21. The fourth-order valence-corrected chi connectivity index (χ4v) is 1.95. The first kappa shape index (κ1) is 14.5. The van der Waals surface area contributed by atoms with E-state index in [1.165, 1.54) is 0 Å². The van der Waals surface area contributed by atoms with Crippen molar-refractivity contribution in [1.82, 2.24) is 5.32 Å². The van der Waals surface area contributed by atoms with E-state index in [2.05, 4.69) is 19.2 Å². The van der Waals surface area contributed by atoms with Gasteiger partial charge in [0.1, 0.15) is 0 Å². The minimum absolute atomic E-state index is 0.104. The van der Waals surface area contributed by atoms with E-state index < -0.39 is 0 Å². The summed E-state index contributed by atoms with van der Waals surface area (Å²) in [5.41, 5.74) is 0. The molecule has 4 heteroatoms. The molecule has 1 heterocycles. The number of hydrogen-bond donors (Lipinski definition) is 1. The monoisotopic (exact) mass is 243 g/mol. The molecule has 100 valence electrons. The van der Waals surface area contributed by atoms with Crippen molar-refractivity contribution in [2.24, 2.45) is 5.92 Å². The summed E-state index contributed by atoms with van der Waals surface area (Å²) in [6.07, 6.45) is 4.29. The zero-order valence-electron chi connectivity index (χ0n) is 11.0. The van der Waals surface area contributed by atoms with Crippen molar-refractivity contribution in [2.75, 3.05) is 26.4 Å². The topological polar surface area (TPSA) is 47.6 Å². The van der Waals surface area contributed by atoms with Crippen LogP contribution in [0.15, 0.2) is 0 Å². The van der Waals surface area contributed by atoms with Gasteiger partial charge in [0, 0.05) is 6.04 Å². The minimum Gasteiger partial charge on any atom is -0.465 e. The molecule has 0 aliphatic carbocycles. The van der Waals surface area contributed by atoms with Crippen LogP contribution in [0, 0.1) is 5.92 Å². The predicted octanol–water partition coefficient (Wildman–Crippen LogP) is 1.73. The first-order chi connectivity index (χ1) is 8.29. The molecule has 2 unspecified atom stereocenters. The zero-order valence-corrected chi connectivity index (χ0v) is 11.0. The van der Waals surface area contributed by atoms with E-state index in [-0.39, 0.29) is 17.9 Å². The summed E-state index contributed by atoms with van der Waals surface area (Å²) in [4.78, 5) is 11.8. The van der Waals surface area contributed by atoms with Crippen molar-refractivity contribution in [2.45, 2.75) is 45.6 Å². The van der Waals surface area contributed by atoms with Gasteiger partial charge in [-0.2, -0.15) is 0 Å². The largest absolute Gasteiger partial charge is 0.465 e. The number of esters is 1. The Morgan fingerprint density at radius 3 is 2.82 bits per heavy atom. The molecule has 0 radical (unpaired) electrons. The highest BCUT2D eigenvalue weighted by atomic mass is 16.5. The summed E-state index contributed by atoms with van der Waals surface area (Å²) in [6.45, 7) is 6.83. The molecule has 0 aromatic carbocycles. The predicted molar refractivity (Wildman–Crippen MR) is 66.9 cm³/mol.